The molecule has 4 rings (SSSR count). The molecule has 0 spiro atoms. The molecule has 2 aromatic rings. The molecule has 0 aliphatic carbocycles. The van der Waals surface area contributed by atoms with Gasteiger partial charge in [0.25, 0.3) is 5.91 Å². The number of nitrogens with zero attached hydrogens (tertiary/aromatic N) is 1. The highest BCUT2D eigenvalue weighted by Crippen LogP contribution is 2.37. The van der Waals surface area contributed by atoms with E-state index in [4.69, 9.17) is 23.2 Å². The Balaban J connectivity index is 1.74. The number of carbonyl (C=O) groups excluding carboxylic acids is 1. The molecule has 0 saturated carbocycles. The van der Waals surface area contributed by atoms with Crippen LogP contribution in [0.5, 0.6) is 0 Å². The minimum Gasteiger partial charge on any atom is -0.351 e. The van der Waals surface area contributed by atoms with Gasteiger partial charge in [-0.3, -0.25) is 15.2 Å². The average molecular weight is 360 g/mol. The number of hydrogen-bond donors (Lipinski definition) is 2. The smallest absolute Gasteiger partial charge is 0.286 e. The summed E-state index contributed by atoms with van der Waals surface area (Å²) in [5.41, 5.74) is 7.47. The standard InChI is InChI=1S/C18H15Cl2N3O/c1-10-6-7-15(13(19)8-10)23-17(20)12-9-11-4-2-3-5-14(11)21-16(12)18(24)22-23/h2-8,17,21H,9H2,1H3,(H,22,24). The highest BCUT2D eigenvalue weighted by Gasteiger charge is 2.36. The van der Waals surface area contributed by atoms with E-state index in [2.05, 4.69) is 10.7 Å². The molecule has 2 N–H and O–H groups in total. The summed E-state index contributed by atoms with van der Waals surface area (Å²) >= 11 is 13.0. The zero-order valence-corrected chi connectivity index (χ0v) is 14.4. The number of anilines is 2. The second-order valence-corrected chi connectivity index (χ2v) is 6.78. The Bertz CT molecular complexity index is 878. The Labute approximate surface area is 150 Å². The number of hydrazine groups is 1. The van der Waals surface area contributed by atoms with Gasteiger partial charge in [0.15, 0.2) is 0 Å². The molecule has 24 heavy (non-hydrogen) atoms. The van der Waals surface area contributed by atoms with E-state index in [1.807, 2.05) is 49.4 Å². The van der Waals surface area contributed by atoms with Crippen molar-refractivity contribution in [2.45, 2.75) is 18.8 Å². The second-order valence-electron chi connectivity index (χ2n) is 5.96. The van der Waals surface area contributed by atoms with E-state index in [1.54, 1.807) is 5.01 Å². The first-order chi connectivity index (χ1) is 11.5. The van der Waals surface area contributed by atoms with Crippen LogP contribution >= 0.6 is 23.2 Å². The zero-order valence-electron chi connectivity index (χ0n) is 12.9. The molecule has 0 saturated heterocycles. The molecular weight excluding hydrogens is 345 g/mol. The predicted octanol–water partition coefficient (Wildman–Crippen LogP) is 3.99. The summed E-state index contributed by atoms with van der Waals surface area (Å²) in [6.07, 6.45) is 0.625. The van der Waals surface area contributed by atoms with Crippen LogP contribution in [0.4, 0.5) is 11.4 Å². The lowest BCUT2D eigenvalue weighted by Crippen LogP contribution is -2.54. The Morgan fingerprint density at radius 3 is 2.79 bits per heavy atom. The van der Waals surface area contributed by atoms with Gasteiger partial charge in [0.05, 0.1) is 10.7 Å². The minimum atomic E-state index is -0.515. The minimum absolute atomic E-state index is 0.215. The number of carbonyl (C=O) groups is 1. The van der Waals surface area contributed by atoms with Gasteiger partial charge in [0.2, 0.25) is 0 Å². The van der Waals surface area contributed by atoms with Crippen LogP contribution in [0.2, 0.25) is 5.02 Å². The molecule has 2 heterocycles. The first-order valence-corrected chi connectivity index (χ1v) is 8.44. The first-order valence-electron chi connectivity index (χ1n) is 7.63. The van der Waals surface area contributed by atoms with Crippen LogP contribution in [0, 0.1) is 6.92 Å². The normalized spacial score (nSPS) is 19.4. The molecule has 2 aliphatic heterocycles. The van der Waals surface area contributed by atoms with E-state index < -0.39 is 5.50 Å². The van der Waals surface area contributed by atoms with Crippen molar-refractivity contribution in [1.29, 1.82) is 0 Å². The lowest BCUT2D eigenvalue weighted by molar-refractivity contribution is -0.118. The molecular formula is C18H15Cl2N3O. The summed E-state index contributed by atoms with van der Waals surface area (Å²) in [6, 6.07) is 13.6. The van der Waals surface area contributed by atoms with Gasteiger partial charge >= 0.3 is 0 Å². The molecule has 1 atom stereocenters. The number of amides is 1. The van der Waals surface area contributed by atoms with Crippen LogP contribution < -0.4 is 15.8 Å². The van der Waals surface area contributed by atoms with Crippen LogP contribution in [0.25, 0.3) is 0 Å². The highest BCUT2D eigenvalue weighted by molar-refractivity contribution is 6.34. The van der Waals surface area contributed by atoms with Gasteiger partial charge in [-0.25, -0.2) is 0 Å². The monoisotopic (exact) mass is 359 g/mol. The van der Waals surface area contributed by atoms with Crippen LogP contribution in [-0.2, 0) is 11.2 Å². The Morgan fingerprint density at radius 1 is 1.21 bits per heavy atom. The molecule has 0 fully saturated rings. The number of aryl methyl sites for hydroxylation is 1. The fourth-order valence-corrected chi connectivity index (χ4v) is 3.74. The van der Waals surface area contributed by atoms with Crippen molar-refractivity contribution < 1.29 is 4.79 Å². The predicted molar refractivity (Wildman–Crippen MR) is 97.2 cm³/mol. The molecule has 0 radical (unpaired) electrons. The molecule has 4 nitrogen and oxygen atoms in total. The van der Waals surface area contributed by atoms with E-state index >= 15 is 0 Å². The summed E-state index contributed by atoms with van der Waals surface area (Å²) in [5, 5.41) is 5.37. The summed E-state index contributed by atoms with van der Waals surface area (Å²) in [4.78, 5) is 12.6. The topological polar surface area (TPSA) is 44.4 Å². The third-order valence-corrected chi connectivity index (χ3v) is 5.07. The fourth-order valence-electron chi connectivity index (χ4n) is 3.08. The van der Waals surface area contributed by atoms with Crippen molar-refractivity contribution in [3.05, 3.63) is 69.9 Å². The van der Waals surface area contributed by atoms with Crippen LogP contribution in [0.1, 0.15) is 11.1 Å². The van der Waals surface area contributed by atoms with E-state index in [-0.39, 0.29) is 5.91 Å². The molecule has 0 bridgehead atoms. The number of benzene rings is 2. The van der Waals surface area contributed by atoms with E-state index in [1.165, 1.54) is 0 Å². The third-order valence-electron chi connectivity index (χ3n) is 4.31. The SMILES string of the molecule is Cc1ccc(N2NC(=O)C3=C(Cc4ccccc4N3)C2Cl)c(Cl)c1. The van der Waals surface area contributed by atoms with E-state index in [0.29, 0.717) is 22.8 Å². The van der Waals surface area contributed by atoms with Crippen molar-refractivity contribution in [2.24, 2.45) is 0 Å². The van der Waals surface area contributed by atoms with Gasteiger partial charge in [-0.15, -0.1) is 0 Å². The van der Waals surface area contributed by atoms with E-state index in [9.17, 15) is 4.79 Å². The Morgan fingerprint density at radius 2 is 2.00 bits per heavy atom. The largest absolute Gasteiger partial charge is 0.351 e. The zero-order chi connectivity index (χ0) is 16.8. The lowest BCUT2D eigenvalue weighted by atomic mass is 9.95. The molecule has 1 unspecified atom stereocenters. The third kappa shape index (κ3) is 2.43. The Kier molecular flexibility index (Phi) is 3.66. The van der Waals surface area contributed by atoms with Gasteiger partial charge in [-0.05, 0) is 36.2 Å². The second kappa shape index (κ2) is 5.72. The van der Waals surface area contributed by atoms with Crippen LogP contribution in [-0.4, -0.2) is 11.4 Å². The van der Waals surface area contributed by atoms with Gasteiger partial charge in [-0.2, -0.15) is 0 Å². The average Bonchev–Trinajstić information content (AvgIpc) is 2.57. The van der Waals surface area contributed by atoms with Gasteiger partial charge in [0.1, 0.15) is 11.2 Å². The van der Waals surface area contributed by atoms with Gasteiger partial charge in [-0.1, -0.05) is 47.5 Å². The number of nitrogens with one attached hydrogen (secondary N) is 2. The molecule has 0 aromatic heterocycles. The van der Waals surface area contributed by atoms with Crippen molar-refractivity contribution in [2.75, 3.05) is 10.3 Å². The van der Waals surface area contributed by atoms with Crippen LogP contribution in [0.15, 0.2) is 53.7 Å². The number of para-hydroxylation sites is 1. The molecule has 6 heteroatoms. The number of halogens is 2. The van der Waals surface area contributed by atoms with E-state index in [0.717, 1.165) is 22.4 Å². The Hall–Kier alpha value is -2.17. The lowest BCUT2D eigenvalue weighted by Gasteiger charge is -2.39. The maximum atomic E-state index is 12.6. The van der Waals surface area contributed by atoms with Crippen molar-refractivity contribution in [3.8, 4) is 0 Å². The number of rotatable bonds is 1. The van der Waals surface area contributed by atoms with Crippen molar-refractivity contribution >= 4 is 40.5 Å². The number of fused-ring (bicyclic) bond motifs is 1. The maximum absolute atomic E-state index is 12.6. The molecule has 2 aromatic carbocycles. The summed E-state index contributed by atoms with van der Waals surface area (Å²) in [6.45, 7) is 1.96. The van der Waals surface area contributed by atoms with Gasteiger partial charge < -0.3 is 5.32 Å². The quantitative estimate of drug-likeness (QED) is 0.597. The maximum Gasteiger partial charge on any atom is 0.286 e. The highest BCUT2D eigenvalue weighted by atomic mass is 35.5. The molecule has 2 aliphatic rings. The molecule has 122 valence electrons. The first kappa shape index (κ1) is 15.4. The van der Waals surface area contributed by atoms with Crippen LogP contribution in [0.3, 0.4) is 0 Å². The number of hydrogen-bond acceptors (Lipinski definition) is 3. The molecule has 1 amide bonds. The summed E-state index contributed by atoms with van der Waals surface area (Å²) in [5.74, 6) is -0.215. The van der Waals surface area contributed by atoms with Crippen molar-refractivity contribution in [1.82, 2.24) is 5.43 Å². The van der Waals surface area contributed by atoms with Gasteiger partial charge in [0, 0.05) is 17.7 Å². The number of alkyl halides is 1. The fraction of sp³-hybridized carbons (Fsp3) is 0.167. The summed E-state index contributed by atoms with van der Waals surface area (Å²) in [7, 11) is 0. The van der Waals surface area contributed by atoms with Crippen molar-refractivity contribution in [3.63, 3.8) is 0 Å². The summed E-state index contributed by atoms with van der Waals surface area (Å²) < 4.78 is 0.